The molecule has 260 valence electrons. The number of hydrogen-bond donors (Lipinski definition) is 0. The zero-order valence-electron chi connectivity index (χ0n) is 30.1. The molecule has 0 aliphatic rings. The molecule has 5 heteroatoms. The van der Waals surface area contributed by atoms with E-state index < -0.39 is 0 Å². The second-order valence-corrected chi connectivity index (χ2v) is 13.8. The lowest BCUT2D eigenvalue weighted by atomic mass is 9.88. The number of benzene rings is 8. The fourth-order valence-corrected chi connectivity index (χ4v) is 7.67. The Balaban J connectivity index is 1.15. The first-order chi connectivity index (χ1) is 27.7. The van der Waals surface area contributed by atoms with Crippen molar-refractivity contribution in [1.82, 2.24) is 19.9 Å². The van der Waals surface area contributed by atoms with Crippen LogP contribution in [-0.2, 0) is 0 Å². The molecule has 0 fully saturated rings. The zero-order valence-corrected chi connectivity index (χ0v) is 30.1. The van der Waals surface area contributed by atoms with Crippen LogP contribution in [0.25, 0.3) is 105 Å². The van der Waals surface area contributed by atoms with Crippen LogP contribution in [0.4, 0.5) is 5.69 Å². The summed E-state index contributed by atoms with van der Waals surface area (Å²) in [6, 6.07) is 62.4. The summed E-state index contributed by atoms with van der Waals surface area (Å²) in [7, 11) is 0. The van der Waals surface area contributed by atoms with Crippen LogP contribution in [0.1, 0.15) is 0 Å². The van der Waals surface area contributed by atoms with Crippen LogP contribution in [0.15, 0.2) is 188 Å². The molecule has 0 saturated heterocycles. The molecule has 0 spiro atoms. The van der Waals surface area contributed by atoms with Crippen molar-refractivity contribution >= 4 is 38.1 Å². The third-order valence-electron chi connectivity index (χ3n) is 10.3. The third-order valence-corrected chi connectivity index (χ3v) is 10.3. The topological polar surface area (TPSA) is 55.9 Å². The van der Waals surface area contributed by atoms with Crippen LogP contribution < -0.4 is 0 Å². The molecule has 56 heavy (non-hydrogen) atoms. The van der Waals surface area contributed by atoms with Gasteiger partial charge in [0, 0.05) is 33.8 Å². The van der Waals surface area contributed by atoms with Gasteiger partial charge in [-0.3, -0.25) is 4.98 Å². The third kappa shape index (κ3) is 5.92. The van der Waals surface area contributed by atoms with Gasteiger partial charge < -0.3 is 0 Å². The minimum Gasteiger partial charge on any atom is -0.256 e. The van der Waals surface area contributed by atoms with E-state index in [2.05, 4.69) is 102 Å². The highest BCUT2D eigenvalue weighted by molar-refractivity contribution is 6.23. The average Bonchev–Trinajstić information content (AvgIpc) is 3.29. The van der Waals surface area contributed by atoms with Crippen molar-refractivity contribution in [3.05, 3.63) is 200 Å². The first-order valence-corrected chi connectivity index (χ1v) is 18.5. The van der Waals surface area contributed by atoms with Crippen LogP contribution in [0.2, 0.25) is 0 Å². The smallest absolute Gasteiger partial charge is 0.187 e. The number of fused-ring (bicyclic) bond motifs is 5. The standard InChI is InChI=1S/C51H31N5/c1-52-40-23-12-19-36(30-40)35-18-10-20-37(28-35)44-31-47-43-26-13-27-53-48(43)45(32-46(47)42-25-9-8-24-41(42)44)38-21-11-22-39(29-38)51-55-49(33-14-4-2-5-15-33)54-50(56-51)34-16-6-3-7-17-34/h2-32H. The highest BCUT2D eigenvalue weighted by Gasteiger charge is 2.17. The Morgan fingerprint density at radius 3 is 1.52 bits per heavy atom. The monoisotopic (exact) mass is 713 g/mol. The zero-order chi connectivity index (χ0) is 37.4. The molecule has 0 N–H and O–H groups in total. The van der Waals surface area contributed by atoms with Crippen molar-refractivity contribution in [1.29, 1.82) is 0 Å². The van der Waals surface area contributed by atoms with Crippen molar-refractivity contribution < 1.29 is 0 Å². The van der Waals surface area contributed by atoms with Crippen LogP contribution in [0.5, 0.6) is 0 Å². The molecule has 8 aromatic carbocycles. The minimum absolute atomic E-state index is 0.607. The maximum Gasteiger partial charge on any atom is 0.187 e. The molecule has 0 radical (unpaired) electrons. The maximum absolute atomic E-state index is 7.52. The van der Waals surface area contributed by atoms with E-state index in [4.69, 9.17) is 26.5 Å². The van der Waals surface area contributed by atoms with E-state index in [1.807, 2.05) is 91.1 Å². The molecule has 0 amide bonds. The van der Waals surface area contributed by atoms with Gasteiger partial charge in [-0.25, -0.2) is 19.8 Å². The number of rotatable bonds is 6. The number of pyridine rings is 1. The van der Waals surface area contributed by atoms with Crippen LogP contribution >= 0.6 is 0 Å². The van der Waals surface area contributed by atoms with E-state index in [0.717, 1.165) is 71.7 Å². The number of nitrogens with zero attached hydrogens (tertiary/aromatic N) is 5. The summed E-state index contributed by atoms with van der Waals surface area (Å²) in [6.07, 6.45) is 1.87. The molecule has 10 rings (SSSR count). The van der Waals surface area contributed by atoms with E-state index >= 15 is 0 Å². The molecule has 2 aromatic heterocycles. The second kappa shape index (κ2) is 13.9. The maximum atomic E-state index is 7.52. The molecular formula is C51H31N5. The molecule has 0 aliphatic carbocycles. The van der Waals surface area contributed by atoms with E-state index in [1.54, 1.807) is 0 Å². The Morgan fingerprint density at radius 1 is 0.339 bits per heavy atom. The molecule has 5 nitrogen and oxygen atoms in total. The molecule has 2 heterocycles. The normalized spacial score (nSPS) is 11.2. The highest BCUT2D eigenvalue weighted by Crippen LogP contribution is 2.42. The highest BCUT2D eigenvalue weighted by atomic mass is 15.0. The molecule has 0 bridgehead atoms. The summed E-state index contributed by atoms with van der Waals surface area (Å²) in [4.78, 5) is 23.6. The number of aromatic nitrogens is 4. The van der Waals surface area contributed by atoms with Crippen LogP contribution in [0, 0.1) is 6.57 Å². The van der Waals surface area contributed by atoms with Gasteiger partial charge in [-0.05, 0) is 85.8 Å². The van der Waals surface area contributed by atoms with E-state index in [9.17, 15) is 0 Å². The van der Waals surface area contributed by atoms with Gasteiger partial charge in [-0.15, -0.1) is 0 Å². The molecule has 0 saturated carbocycles. The Hall–Kier alpha value is -7.81. The number of hydrogen-bond acceptors (Lipinski definition) is 4. The summed E-state index contributed by atoms with van der Waals surface area (Å²) in [6.45, 7) is 7.52. The van der Waals surface area contributed by atoms with Gasteiger partial charge in [-0.1, -0.05) is 146 Å². The van der Waals surface area contributed by atoms with E-state index in [-0.39, 0.29) is 0 Å². The molecular weight excluding hydrogens is 683 g/mol. The molecule has 10 aromatic rings. The van der Waals surface area contributed by atoms with Gasteiger partial charge in [-0.2, -0.15) is 0 Å². The van der Waals surface area contributed by atoms with Gasteiger partial charge >= 0.3 is 0 Å². The fraction of sp³-hybridized carbons (Fsp3) is 0. The van der Waals surface area contributed by atoms with Crippen LogP contribution in [0.3, 0.4) is 0 Å². The van der Waals surface area contributed by atoms with E-state index in [0.29, 0.717) is 23.2 Å². The molecule has 0 aliphatic heterocycles. The first-order valence-electron chi connectivity index (χ1n) is 18.5. The predicted octanol–water partition coefficient (Wildman–Crippen LogP) is 13.3. The summed E-state index contributed by atoms with van der Waals surface area (Å²) >= 11 is 0. The first kappa shape index (κ1) is 32.8. The van der Waals surface area contributed by atoms with Crippen molar-refractivity contribution in [2.75, 3.05) is 0 Å². The van der Waals surface area contributed by atoms with Crippen LogP contribution in [-0.4, -0.2) is 19.9 Å². The lowest BCUT2D eigenvalue weighted by molar-refractivity contribution is 1.07. The SMILES string of the molecule is [C-]#[N+]c1cccc(-c2cccc(-c3cc4c5cccnc5c(-c5cccc(-c6nc(-c7ccccc7)nc(-c7ccccc7)n6)c5)cc4c4ccccc34)c2)c1. The predicted molar refractivity (Wildman–Crippen MR) is 229 cm³/mol. The summed E-state index contributed by atoms with van der Waals surface area (Å²) in [5.41, 5.74) is 10.7. The van der Waals surface area contributed by atoms with E-state index in [1.165, 1.54) is 10.8 Å². The van der Waals surface area contributed by atoms with Gasteiger partial charge in [0.1, 0.15) is 0 Å². The summed E-state index contributed by atoms with van der Waals surface area (Å²) in [5, 5.41) is 5.71. The summed E-state index contributed by atoms with van der Waals surface area (Å²) in [5.74, 6) is 1.86. The molecule has 0 unspecified atom stereocenters. The van der Waals surface area contributed by atoms with Crippen molar-refractivity contribution in [3.63, 3.8) is 0 Å². The summed E-state index contributed by atoms with van der Waals surface area (Å²) < 4.78 is 0. The largest absolute Gasteiger partial charge is 0.256 e. The fourth-order valence-electron chi connectivity index (χ4n) is 7.67. The lowest BCUT2D eigenvalue weighted by Crippen LogP contribution is -2.00. The Morgan fingerprint density at radius 2 is 0.821 bits per heavy atom. The van der Waals surface area contributed by atoms with Crippen molar-refractivity contribution in [2.24, 2.45) is 0 Å². The van der Waals surface area contributed by atoms with Gasteiger partial charge in [0.25, 0.3) is 0 Å². The Kier molecular flexibility index (Phi) is 8.13. The van der Waals surface area contributed by atoms with Crippen molar-refractivity contribution in [2.45, 2.75) is 0 Å². The average molecular weight is 714 g/mol. The van der Waals surface area contributed by atoms with Gasteiger partial charge in [0.05, 0.1) is 12.1 Å². The van der Waals surface area contributed by atoms with Crippen molar-refractivity contribution in [3.8, 4) is 67.5 Å². The lowest BCUT2D eigenvalue weighted by Gasteiger charge is -2.16. The Bertz CT molecular complexity index is 3090. The van der Waals surface area contributed by atoms with Gasteiger partial charge in [0.2, 0.25) is 0 Å². The second-order valence-electron chi connectivity index (χ2n) is 13.8. The van der Waals surface area contributed by atoms with Gasteiger partial charge in [0.15, 0.2) is 23.2 Å². The Labute approximate surface area is 324 Å². The quantitative estimate of drug-likeness (QED) is 0.127. The minimum atomic E-state index is 0.607. The molecule has 0 atom stereocenters.